The molecule has 3 heteroatoms. The van der Waals surface area contributed by atoms with Gasteiger partial charge < -0.3 is 9.47 Å². The summed E-state index contributed by atoms with van der Waals surface area (Å²) in [7, 11) is 3.36. The van der Waals surface area contributed by atoms with Crippen molar-refractivity contribution in [1.82, 2.24) is 4.90 Å². The lowest BCUT2D eigenvalue weighted by Gasteiger charge is -2.13. The average Bonchev–Trinajstić information content (AvgIpc) is 2.53. The van der Waals surface area contributed by atoms with E-state index in [0.717, 1.165) is 50.4 Å². The van der Waals surface area contributed by atoms with Crippen LogP contribution in [0.4, 0.5) is 0 Å². The molecule has 0 aliphatic rings. The highest BCUT2D eigenvalue weighted by molar-refractivity contribution is 5.38. The Bertz CT molecular complexity index is 448. The van der Waals surface area contributed by atoms with Crippen LogP contribution in [0.1, 0.15) is 32.3 Å². The van der Waals surface area contributed by atoms with Crippen LogP contribution in [0.15, 0.2) is 18.2 Å². The van der Waals surface area contributed by atoms with Crippen molar-refractivity contribution in [3.8, 4) is 23.3 Å². The normalized spacial score (nSPS) is 10.1. The van der Waals surface area contributed by atoms with Crippen LogP contribution in [0, 0.1) is 11.8 Å². The van der Waals surface area contributed by atoms with E-state index in [0.29, 0.717) is 0 Å². The molecule has 21 heavy (non-hydrogen) atoms. The van der Waals surface area contributed by atoms with Crippen LogP contribution in [0.25, 0.3) is 0 Å². The highest BCUT2D eigenvalue weighted by atomic mass is 16.5. The van der Waals surface area contributed by atoms with E-state index in [1.807, 2.05) is 6.07 Å². The van der Waals surface area contributed by atoms with E-state index in [1.54, 1.807) is 14.2 Å². The second-order valence-electron chi connectivity index (χ2n) is 4.89. The number of ether oxygens (including phenoxy) is 2. The molecule has 0 fully saturated rings. The van der Waals surface area contributed by atoms with Crippen molar-refractivity contribution in [1.29, 1.82) is 0 Å². The maximum absolute atomic E-state index is 5.28. The molecule has 0 saturated carbocycles. The summed E-state index contributed by atoms with van der Waals surface area (Å²) < 4.78 is 10.6. The first kappa shape index (κ1) is 17.4. The van der Waals surface area contributed by atoms with E-state index in [4.69, 9.17) is 9.47 Å². The molecule has 1 aromatic rings. The molecule has 0 atom stereocenters. The third-order valence-corrected chi connectivity index (χ3v) is 3.50. The zero-order chi connectivity index (χ0) is 15.5. The van der Waals surface area contributed by atoms with Crippen LogP contribution < -0.4 is 9.47 Å². The zero-order valence-corrected chi connectivity index (χ0v) is 13.7. The van der Waals surface area contributed by atoms with Gasteiger partial charge in [0.25, 0.3) is 0 Å². The molecule has 0 amide bonds. The van der Waals surface area contributed by atoms with Crippen LogP contribution in [-0.2, 0) is 6.42 Å². The summed E-state index contributed by atoms with van der Waals surface area (Å²) >= 11 is 0. The van der Waals surface area contributed by atoms with Crippen LogP contribution in [-0.4, -0.2) is 38.8 Å². The third-order valence-electron chi connectivity index (χ3n) is 3.50. The molecule has 116 valence electrons. The highest BCUT2D eigenvalue weighted by Crippen LogP contribution is 2.23. The largest absolute Gasteiger partial charge is 0.497 e. The fraction of sp³-hybridized carbons (Fsp3) is 0.556. The molecule has 0 aliphatic carbocycles. The molecule has 0 saturated heterocycles. The van der Waals surface area contributed by atoms with Crippen LogP contribution in [0.3, 0.4) is 0 Å². The van der Waals surface area contributed by atoms with Crippen LogP contribution in [0.2, 0.25) is 0 Å². The quantitative estimate of drug-likeness (QED) is 0.541. The summed E-state index contributed by atoms with van der Waals surface area (Å²) in [6, 6.07) is 6.02. The summed E-state index contributed by atoms with van der Waals surface area (Å²) in [5.41, 5.74) is 1.23. The number of unbranched alkanes of at least 4 members (excludes halogenated alkanes) is 1. The van der Waals surface area contributed by atoms with Gasteiger partial charge in [-0.3, -0.25) is 4.90 Å². The number of aryl methyl sites for hydroxylation is 1. The standard InChI is InChI=1S/C18H27NO2/c1-5-19(6-2)12-10-8-7-9-11-16-13-17(20-3)15-18(14-16)21-4/h13-15H,5-7,9,11-12H2,1-4H3. The summed E-state index contributed by atoms with van der Waals surface area (Å²) in [6.07, 6.45) is 2.98. The van der Waals surface area contributed by atoms with Gasteiger partial charge in [0.1, 0.15) is 11.5 Å². The Morgan fingerprint density at radius 2 is 1.57 bits per heavy atom. The molecule has 0 radical (unpaired) electrons. The maximum Gasteiger partial charge on any atom is 0.122 e. The van der Waals surface area contributed by atoms with Crippen molar-refractivity contribution < 1.29 is 9.47 Å². The number of benzene rings is 1. The minimum absolute atomic E-state index is 0.844. The molecule has 0 bridgehead atoms. The van der Waals surface area contributed by atoms with E-state index in [2.05, 4.69) is 42.7 Å². The third kappa shape index (κ3) is 6.55. The van der Waals surface area contributed by atoms with Gasteiger partial charge in [-0.25, -0.2) is 0 Å². The average molecular weight is 289 g/mol. The number of nitrogens with zero attached hydrogens (tertiary/aromatic N) is 1. The number of hydrogen-bond donors (Lipinski definition) is 0. The molecular weight excluding hydrogens is 262 g/mol. The Morgan fingerprint density at radius 3 is 2.10 bits per heavy atom. The topological polar surface area (TPSA) is 21.7 Å². The van der Waals surface area contributed by atoms with Gasteiger partial charge in [-0.2, -0.15) is 0 Å². The molecular formula is C18H27NO2. The Labute approximate surface area is 129 Å². The number of methoxy groups -OCH3 is 2. The fourth-order valence-corrected chi connectivity index (χ4v) is 2.09. The first-order valence-corrected chi connectivity index (χ1v) is 7.63. The number of rotatable bonds is 8. The lowest BCUT2D eigenvalue weighted by Crippen LogP contribution is -2.22. The summed E-state index contributed by atoms with van der Waals surface area (Å²) in [5.74, 6) is 8.19. The van der Waals surface area contributed by atoms with Gasteiger partial charge in [0, 0.05) is 12.5 Å². The molecule has 1 aromatic carbocycles. The molecule has 0 N–H and O–H groups in total. The minimum Gasteiger partial charge on any atom is -0.497 e. The lowest BCUT2D eigenvalue weighted by molar-refractivity contribution is 0.342. The maximum atomic E-state index is 5.28. The van der Waals surface area contributed by atoms with E-state index < -0.39 is 0 Å². The Morgan fingerprint density at radius 1 is 0.952 bits per heavy atom. The van der Waals surface area contributed by atoms with Crippen LogP contribution in [0.5, 0.6) is 11.5 Å². The van der Waals surface area contributed by atoms with E-state index in [9.17, 15) is 0 Å². The van der Waals surface area contributed by atoms with Crippen molar-refractivity contribution in [2.24, 2.45) is 0 Å². The van der Waals surface area contributed by atoms with E-state index in [-0.39, 0.29) is 0 Å². The van der Waals surface area contributed by atoms with Gasteiger partial charge in [-0.15, -0.1) is 5.92 Å². The monoisotopic (exact) mass is 289 g/mol. The first-order valence-electron chi connectivity index (χ1n) is 7.63. The molecule has 0 aromatic heterocycles. The van der Waals surface area contributed by atoms with Crippen LogP contribution >= 0.6 is 0 Å². The molecule has 1 rings (SSSR count). The predicted octanol–water partition coefficient (Wildman–Crippen LogP) is 3.37. The van der Waals surface area contributed by atoms with E-state index >= 15 is 0 Å². The van der Waals surface area contributed by atoms with Crippen molar-refractivity contribution in [2.45, 2.75) is 33.1 Å². The predicted molar refractivity (Wildman–Crippen MR) is 88.0 cm³/mol. The highest BCUT2D eigenvalue weighted by Gasteiger charge is 2.01. The van der Waals surface area contributed by atoms with Gasteiger partial charge in [-0.05, 0) is 43.6 Å². The van der Waals surface area contributed by atoms with Crippen molar-refractivity contribution in [3.05, 3.63) is 23.8 Å². The van der Waals surface area contributed by atoms with Gasteiger partial charge >= 0.3 is 0 Å². The van der Waals surface area contributed by atoms with Crippen molar-refractivity contribution >= 4 is 0 Å². The fourth-order valence-electron chi connectivity index (χ4n) is 2.09. The van der Waals surface area contributed by atoms with Crippen molar-refractivity contribution in [2.75, 3.05) is 33.9 Å². The molecule has 3 nitrogen and oxygen atoms in total. The minimum atomic E-state index is 0.844. The SMILES string of the molecule is CCN(CC)CC#CCCCc1cc(OC)cc(OC)c1. The van der Waals surface area contributed by atoms with Gasteiger partial charge in [-0.1, -0.05) is 19.8 Å². The summed E-state index contributed by atoms with van der Waals surface area (Å²) in [6.45, 7) is 7.34. The van der Waals surface area contributed by atoms with Gasteiger partial charge in [0.2, 0.25) is 0 Å². The van der Waals surface area contributed by atoms with Gasteiger partial charge in [0.05, 0.1) is 20.8 Å². The molecule has 0 unspecified atom stereocenters. The smallest absolute Gasteiger partial charge is 0.122 e. The lowest BCUT2D eigenvalue weighted by atomic mass is 10.1. The Kier molecular flexibility index (Phi) is 8.38. The summed E-state index contributed by atoms with van der Waals surface area (Å²) in [5, 5.41) is 0. The second kappa shape index (κ2) is 10.1. The first-order chi connectivity index (χ1) is 10.2. The van der Waals surface area contributed by atoms with E-state index in [1.165, 1.54) is 5.56 Å². The zero-order valence-electron chi connectivity index (χ0n) is 13.7. The molecule has 0 aliphatic heterocycles. The second-order valence-corrected chi connectivity index (χ2v) is 4.89. The van der Waals surface area contributed by atoms with Gasteiger partial charge in [0.15, 0.2) is 0 Å². The number of hydrogen-bond acceptors (Lipinski definition) is 3. The van der Waals surface area contributed by atoms with Crippen molar-refractivity contribution in [3.63, 3.8) is 0 Å². The molecule has 0 spiro atoms. The Balaban J connectivity index is 2.40. The molecule has 0 heterocycles. The Hall–Kier alpha value is -1.66. The summed E-state index contributed by atoms with van der Waals surface area (Å²) in [4.78, 5) is 2.32.